The first-order valence-electron chi connectivity index (χ1n) is 17.7. The minimum atomic E-state index is 0.166. The van der Waals surface area contributed by atoms with Crippen molar-refractivity contribution in [2.24, 2.45) is 0 Å². The SMILES string of the molecule is c1ccc(-n2c3ccccc3c3cc(-c4ccc5c(c4)-c4ccccc4C5c4ccc5c(c4)c4ccccc4n5-c4ccccc4)ccc32)cc1. The van der Waals surface area contributed by atoms with Crippen molar-refractivity contribution >= 4 is 43.6 Å². The minimum absolute atomic E-state index is 0.166. The third-order valence-electron chi connectivity index (χ3n) is 11.0. The second-order valence-corrected chi connectivity index (χ2v) is 13.7. The van der Waals surface area contributed by atoms with E-state index < -0.39 is 0 Å². The number of hydrogen-bond donors (Lipinski definition) is 0. The van der Waals surface area contributed by atoms with Gasteiger partial charge in [-0.3, -0.25) is 0 Å². The highest BCUT2D eigenvalue weighted by Gasteiger charge is 2.30. The molecule has 1 atom stereocenters. The van der Waals surface area contributed by atoms with E-state index in [-0.39, 0.29) is 5.92 Å². The van der Waals surface area contributed by atoms with Crippen LogP contribution >= 0.6 is 0 Å². The molecule has 2 heterocycles. The van der Waals surface area contributed by atoms with Crippen molar-refractivity contribution in [2.75, 3.05) is 0 Å². The van der Waals surface area contributed by atoms with Gasteiger partial charge >= 0.3 is 0 Å². The molecule has 51 heavy (non-hydrogen) atoms. The van der Waals surface area contributed by atoms with Crippen molar-refractivity contribution < 1.29 is 0 Å². The Kier molecular flexibility index (Phi) is 6.05. The van der Waals surface area contributed by atoms with Gasteiger partial charge in [0.1, 0.15) is 0 Å². The van der Waals surface area contributed by atoms with E-state index in [0.717, 1.165) is 0 Å². The van der Waals surface area contributed by atoms with Crippen molar-refractivity contribution in [3.8, 4) is 33.6 Å². The van der Waals surface area contributed by atoms with Gasteiger partial charge in [-0.2, -0.15) is 0 Å². The molecule has 0 fully saturated rings. The van der Waals surface area contributed by atoms with Crippen LogP contribution < -0.4 is 0 Å². The topological polar surface area (TPSA) is 9.86 Å². The van der Waals surface area contributed by atoms with Crippen molar-refractivity contribution in [2.45, 2.75) is 5.92 Å². The van der Waals surface area contributed by atoms with Crippen LogP contribution in [0.25, 0.3) is 77.2 Å². The Balaban J connectivity index is 1.06. The quantitative estimate of drug-likeness (QED) is 0.180. The Hall–Kier alpha value is -6.64. The molecule has 0 N–H and O–H groups in total. The lowest BCUT2D eigenvalue weighted by Gasteiger charge is -2.16. The molecule has 1 aliphatic rings. The highest BCUT2D eigenvalue weighted by Crippen LogP contribution is 2.50. The summed E-state index contributed by atoms with van der Waals surface area (Å²) in [5.74, 6) is 0.166. The molecule has 8 aromatic carbocycles. The normalized spacial score (nSPS) is 13.7. The third-order valence-corrected chi connectivity index (χ3v) is 11.0. The van der Waals surface area contributed by atoms with Crippen LogP contribution in [0.5, 0.6) is 0 Å². The summed E-state index contributed by atoms with van der Waals surface area (Å²) in [6.45, 7) is 0. The zero-order chi connectivity index (χ0) is 33.5. The number of fused-ring (bicyclic) bond motifs is 9. The van der Waals surface area contributed by atoms with Crippen LogP contribution in [0.4, 0.5) is 0 Å². The summed E-state index contributed by atoms with van der Waals surface area (Å²) in [4.78, 5) is 0. The van der Waals surface area contributed by atoms with Crippen LogP contribution in [0.2, 0.25) is 0 Å². The fourth-order valence-electron chi connectivity index (χ4n) is 8.77. The van der Waals surface area contributed by atoms with E-state index in [1.807, 2.05) is 0 Å². The summed E-state index contributed by atoms with van der Waals surface area (Å²) < 4.78 is 4.78. The van der Waals surface area contributed by atoms with Crippen molar-refractivity contribution in [1.82, 2.24) is 9.13 Å². The standard InChI is InChI=1S/C49H32N2/c1-3-13-35(14-4-1)50-45-21-11-9-18-38(45)43-30-33(24-27-47(43)50)32-23-26-41-42(29-32)37-17-7-8-20-40(37)49(41)34-25-28-48-44(31-34)39-19-10-12-22-46(39)51(48)36-15-5-2-6-16-36/h1-31,49H. The molecule has 1 unspecified atom stereocenters. The highest BCUT2D eigenvalue weighted by atomic mass is 15.0. The lowest BCUT2D eigenvalue weighted by molar-refractivity contribution is 1.02. The molecule has 10 aromatic rings. The number of aromatic nitrogens is 2. The molecule has 11 rings (SSSR count). The summed E-state index contributed by atoms with van der Waals surface area (Å²) in [6, 6.07) is 69.1. The fraction of sp³-hybridized carbons (Fsp3) is 0.0204. The van der Waals surface area contributed by atoms with E-state index in [0.29, 0.717) is 0 Å². The van der Waals surface area contributed by atoms with Gasteiger partial charge in [-0.1, -0.05) is 121 Å². The molecule has 0 aliphatic heterocycles. The van der Waals surface area contributed by atoms with Crippen LogP contribution in [0.1, 0.15) is 22.6 Å². The number of para-hydroxylation sites is 4. The third kappa shape index (κ3) is 4.17. The summed E-state index contributed by atoms with van der Waals surface area (Å²) >= 11 is 0. The van der Waals surface area contributed by atoms with Crippen molar-refractivity contribution in [3.05, 3.63) is 205 Å². The van der Waals surface area contributed by atoms with Gasteiger partial charge in [-0.25, -0.2) is 0 Å². The van der Waals surface area contributed by atoms with Crippen molar-refractivity contribution in [1.29, 1.82) is 0 Å². The lowest BCUT2D eigenvalue weighted by atomic mass is 9.88. The van der Waals surface area contributed by atoms with Gasteiger partial charge in [0.25, 0.3) is 0 Å². The van der Waals surface area contributed by atoms with E-state index in [4.69, 9.17) is 0 Å². The number of rotatable bonds is 4. The van der Waals surface area contributed by atoms with Gasteiger partial charge in [0, 0.05) is 38.8 Å². The molecular weight excluding hydrogens is 617 g/mol. The van der Waals surface area contributed by atoms with Gasteiger partial charge < -0.3 is 9.13 Å². The maximum absolute atomic E-state index is 2.44. The lowest BCUT2D eigenvalue weighted by Crippen LogP contribution is -1.99. The smallest absolute Gasteiger partial charge is 0.0541 e. The molecule has 0 amide bonds. The van der Waals surface area contributed by atoms with E-state index >= 15 is 0 Å². The molecule has 0 saturated carbocycles. The predicted octanol–water partition coefficient (Wildman–Crippen LogP) is 12.7. The molecule has 238 valence electrons. The summed E-state index contributed by atoms with van der Waals surface area (Å²) in [5, 5.41) is 5.11. The first-order chi connectivity index (χ1) is 25.3. The molecule has 2 aromatic heterocycles. The zero-order valence-corrected chi connectivity index (χ0v) is 27.9. The van der Waals surface area contributed by atoms with Gasteiger partial charge in [-0.05, 0) is 106 Å². The van der Waals surface area contributed by atoms with E-state index in [9.17, 15) is 0 Å². The van der Waals surface area contributed by atoms with Crippen molar-refractivity contribution in [3.63, 3.8) is 0 Å². The zero-order valence-electron chi connectivity index (χ0n) is 27.9. The van der Waals surface area contributed by atoms with Crippen LogP contribution in [0, 0.1) is 0 Å². The first-order valence-corrected chi connectivity index (χ1v) is 17.7. The Bertz CT molecular complexity index is 2960. The molecule has 0 saturated heterocycles. The minimum Gasteiger partial charge on any atom is -0.309 e. The Morgan fingerprint density at radius 2 is 0.804 bits per heavy atom. The molecule has 0 bridgehead atoms. The van der Waals surface area contributed by atoms with Gasteiger partial charge in [0.05, 0.1) is 22.1 Å². The summed E-state index contributed by atoms with van der Waals surface area (Å²) in [7, 11) is 0. The van der Waals surface area contributed by atoms with Gasteiger partial charge in [0.2, 0.25) is 0 Å². The molecular formula is C49H32N2. The number of hydrogen-bond acceptors (Lipinski definition) is 0. The number of benzene rings is 8. The first kappa shape index (κ1) is 28.2. The largest absolute Gasteiger partial charge is 0.309 e. The predicted molar refractivity (Wildman–Crippen MR) is 213 cm³/mol. The van der Waals surface area contributed by atoms with Crippen LogP contribution in [-0.4, -0.2) is 9.13 Å². The maximum Gasteiger partial charge on any atom is 0.0541 e. The van der Waals surface area contributed by atoms with Gasteiger partial charge in [0.15, 0.2) is 0 Å². The molecule has 0 radical (unpaired) electrons. The van der Waals surface area contributed by atoms with E-state index in [2.05, 4.69) is 197 Å². The fourth-order valence-corrected chi connectivity index (χ4v) is 8.77. The monoisotopic (exact) mass is 648 g/mol. The Labute approximate surface area is 296 Å². The highest BCUT2D eigenvalue weighted by molar-refractivity contribution is 6.11. The summed E-state index contributed by atoms with van der Waals surface area (Å²) in [6.07, 6.45) is 0. The molecule has 1 aliphatic carbocycles. The van der Waals surface area contributed by atoms with Crippen LogP contribution in [-0.2, 0) is 0 Å². The second-order valence-electron chi connectivity index (χ2n) is 13.7. The number of nitrogens with zero attached hydrogens (tertiary/aromatic N) is 2. The molecule has 2 nitrogen and oxygen atoms in total. The van der Waals surface area contributed by atoms with Gasteiger partial charge in [-0.15, -0.1) is 0 Å². The van der Waals surface area contributed by atoms with Crippen LogP contribution in [0.3, 0.4) is 0 Å². The maximum atomic E-state index is 2.44. The summed E-state index contributed by atoms with van der Waals surface area (Å²) in [5.41, 5.74) is 16.5. The van der Waals surface area contributed by atoms with E-state index in [1.165, 1.54) is 93.9 Å². The Morgan fingerprint density at radius 1 is 0.314 bits per heavy atom. The molecule has 0 spiro atoms. The van der Waals surface area contributed by atoms with Crippen LogP contribution in [0.15, 0.2) is 188 Å². The average molecular weight is 649 g/mol. The molecule has 2 heteroatoms. The average Bonchev–Trinajstić information content (AvgIpc) is 3.83. The van der Waals surface area contributed by atoms with E-state index in [1.54, 1.807) is 0 Å². The second kappa shape index (κ2) is 10.9. The Morgan fingerprint density at radius 3 is 1.49 bits per heavy atom.